The highest BCUT2D eigenvalue weighted by atomic mass is 32.1. The number of hydrogen-bond acceptors (Lipinski definition) is 4. The Kier molecular flexibility index (Phi) is 4.14. The van der Waals surface area contributed by atoms with Crippen LogP contribution in [0.3, 0.4) is 0 Å². The first-order chi connectivity index (χ1) is 8.58. The molecule has 0 radical (unpaired) electrons. The van der Waals surface area contributed by atoms with Crippen LogP contribution >= 0.6 is 11.3 Å². The van der Waals surface area contributed by atoms with Crippen molar-refractivity contribution in [2.45, 2.75) is 46.3 Å². The molecule has 4 nitrogen and oxygen atoms in total. The van der Waals surface area contributed by atoms with Crippen LogP contribution in [0.2, 0.25) is 0 Å². The Hall–Kier alpha value is -1.20. The van der Waals surface area contributed by atoms with Crippen LogP contribution in [0, 0.1) is 0 Å². The highest BCUT2D eigenvalue weighted by molar-refractivity contribution is 7.13. The normalized spacial score (nSPS) is 11.7. The third-order valence-electron chi connectivity index (χ3n) is 2.68. The molecular formula is C13H20N4S. The van der Waals surface area contributed by atoms with Gasteiger partial charge in [0, 0.05) is 24.0 Å². The molecule has 0 saturated heterocycles. The second kappa shape index (κ2) is 5.63. The summed E-state index contributed by atoms with van der Waals surface area (Å²) in [6, 6.07) is 0.889. The number of nitrogens with zero attached hydrogens (tertiary/aromatic N) is 3. The highest BCUT2D eigenvalue weighted by Crippen LogP contribution is 2.25. The Bertz CT molecular complexity index is 499. The zero-order valence-electron chi connectivity index (χ0n) is 11.3. The molecule has 18 heavy (non-hydrogen) atoms. The van der Waals surface area contributed by atoms with Crippen LogP contribution in [0.25, 0.3) is 10.7 Å². The maximum absolute atomic E-state index is 4.66. The monoisotopic (exact) mass is 264 g/mol. The topological polar surface area (TPSA) is 42.7 Å². The van der Waals surface area contributed by atoms with Crippen molar-refractivity contribution in [1.29, 1.82) is 0 Å². The lowest BCUT2D eigenvalue weighted by atomic mass is 10.3. The number of aromatic nitrogens is 3. The third kappa shape index (κ3) is 2.97. The van der Waals surface area contributed by atoms with E-state index in [1.165, 1.54) is 0 Å². The maximum Gasteiger partial charge on any atom is 0.141 e. The molecule has 2 rings (SSSR count). The van der Waals surface area contributed by atoms with Gasteiger partial charge in [0.25, 0.3) is 0 Å². The molecule has 0 atom stereocenters. The van der Waals surface area contributed by atoms with Crippen molar-refractivity contribution in [3.63, 3.8) is 0 Å². The summed E-state index contributed by atoms with van der Waals surface area (Å²) in [5, 5.41) is 6.54. The van der Waals surface area contributed by atoms with Crippen LogP contribution in [0.4, 0.5) is 0 Å². The number of hydrogen-bond donors (Lipinski definition) is 1. The van der Waals surface area contributed by atoms with E-state index in [0.29, 0.717) is 12.1 Å². The predicted molar refractivity (Wildman–Crippen MR) is 75.7 cm³/mol. The van der Waals surface area contributed by atoms with E-state index in [2.05, 4.69) is 52.9 Å². The summed E-state index contributed by atoms with van der Waals surface area (Å²) >= 11 is 1.68. The van der Waals surface area contributed by atoms with E-state index >= 15 is 0 Å². The van der Waals surface area contributed by atoms with Gasteiger partial charge in [-0.3, -0.25) is 0 Å². The molecule has 0 aliphatic rings. The van der Waals surface area contributed by atoms with Crippen molar-refractivity contribution < 1.29 is 0 Å². The average molecular weight is 264 g/mol. The zero-order chi connectivity index (χ0) is 13.1. The van der Waals surface area contributed by atoms with Crippen LogP contribution in [0.15, 0.2) is 17.9 Å². The van der Waals surface area contributed by atoms with E-state index in [0.717, 1.165) is 22.9 Å². The molecule has 2 heterocycles. The highest BCUT2D eigenvalue weighted by Gasteiger charge is 2.11. The molecule has 0 spiro atoms. The van der Waals surface area contributed by atoms with Gasteiger partial charge in [-0.15, -0.1) is 11.3 Å². The van der Waals surface area contributed by atoms with Crippen LogP contribution in [-0.4, -0.2) is 20.6 Å². The minimum atomic E-state index is 0.406. The first-order valence-corrected chi connectivity index (χ1v) is 7.16. The van der Waals surface area contributed by atoms with Gasteiger partial charge in [-0.25, -0.2) is 9.97 Å². The molecule has 0 aliphatic heterocycles. The fraction of sp³-hybridized carbons (Fsp3) is 0.538. The minimum absolute atomic E-state index is 0.406. The maximum atomic E-state index is 4.66. The first-order valence-electron chi connectivity index (χ1n) is 6.28. The lowest BCUT2D eigenvalue weighted by molar-refractivity contribution is 0.582. The van der Waals surface area contributed by atoms with Crippen LogP contribution in [-0.2, 0) is 6.54 Å². The Morgan fingerprint density at radius 2 is 2.11 bits per heavy atom. The zero-order valence-corrected chi connectivity index (χ0v) is 12.2. The average Bonchev–Trinajstić information content (AvgIpc) is 2.94. The van der Waals surface area contributed by atoms with Crippen molar-refractivity contribution in [3.05, 3.63) is 23.6 Å². The van der Waals surface area contributed by atoms with Gasteiger partial charge in [0.15, 0.2) is 0 Å². The SMILES string of the molecule is CC(C)NCc1csc(-c2cncn2C(C)C)n1. The molecule has 2 aromatic rings. The van der Waals surface area contributed by atoms with Gasteiger partial charge in [0.05, 0.1) is 23.9 Å². The van der Waals surface area contributed by atoms with Gasteiger partial charge >= 0.3 is 0 Å². The summed E-state index contributed by atoms with van der Waals surface area (Å²) in [4.78, 5) is 8.88. The largest absolute Gasteiger partial charge is 0.326 e. The van der Waals surface area contributed by atoms with Crippen molar-refractivity contribution >= 4 is 11.3 Å². The summed E-state index contributed by atoms with van der Waals surface area (Å²) < 4.78 is 2.15. The van der Waals surface area contributed by atoms with E-state index < -0.39 is 0 Å². The predicted octanol–water partition coefficient (Wildman–Crippen LogP) is 3.09. The molecule has 0 unspecified atom stereocenters. The molecule has 5 heteroatoms. The van der Waals surface area contributed by atoms with Gasteiger partial charge in [-0.05, 0) is 13.8 Å². The molecule has 1 N–H and O–H groups in total. The van der Waals surface area contributed by atoms with Crippen molar-refractivity contribution in [1.82, 2.24) is 19.9 Å². The Balaban J connectivity index is 2.16. The van der Waals surface area contributed by atoms with Crippen molar-refractivity contribution in [2.24, 2.45) is 0 Å². The fourth-order valence-electron chi connectivity index (χ4n) is 1.70. The van der Waals surface area contributed by atoms with E-state index in [1.807, 2.05) is 12.5 Å². The standard InChI is InChI=1S/C13H20N4S/c1-9(2)15-5-11-7-18-13(16-11)12-6-14-8-17(12)10(3)4/h6-10,15H,5H2,1-4H3. The van der Waals surface area contributed by atoms with E-state index in [1.54, 1.807) is 11.3 Å². The quantitative estimate of drug-likeness (QED) is 0.902. The van der Waals surface area contributed by atoms with Crippen molar-refractivity contribution in [2.75, 3.05) is 0 Å². The third-order valence-corrected chi connectivity index (χ3v) is 3.60. The summed E-state index contributed by atoms with van der Waals surface area (Å²) in [7, 11) is 0. The molecule has 2 aromatic heterocycles. The van der Waals surface area contributed by atoms with Crippen LogP contribution < -0.4 is 5.32 Å². The molecule has 0 amide bonds. The summed E-state index contributed by atoms with van der Waals surface area (Å²) in [6.45, 7) is 9.41. The molecule has 0 bridgehead atoms. The number of rotatable bonds is 5. The van der Waals surface area contributed by atoms with Gasteiger partial charge < -0.3 is 9.88 Å². The van der Waals surface area contributed by atoms with E-state index in [4.69, 9.17) is 0 Å². The van der Waals surface area contributed by atoms with E-state index in [-0.39, 0.29) is 0 Å². The Labute approximate surface area is 112 Å². The first kappa shape index (κ1) is 13.2. The number of imidazole rings is 1. The lowest BCUT2D eigenvalue weighted by Crippen LogP contribution is -2.21. The Morgan fingerprint density at radius 3 is 2.78 bits per heavy atom. The summed E-state index contributed by atoms with van der Waals surface area (Å²) in [5.74, 6) is 0. The lowest BCUT2D eigenvalue weighted by Gasteiger charge is -2.09. The summed E-state index contributed by atoms with van der Waals surface area (Å²) in [5.41, 5.74) is 2.20. The minimum Gasteiger partial charge on any atom is -0.326 e. The summed E-state index contributed by atoms with van der Waals surface area (Å²) in [6.07, 6.45) is 3.76. The van der Waals surface area contributed by atoms with Crippen molar-refractivity contribution in [3.8, 4) is 10.7 Å². The molecule has 0 aromatic carbocycles. The van der Waals surface area contributed by atoms with Gasteiger partial charge in [0.1, 0.15) is 5.01 Å². The fourth-order valence-corrected chi connectivity index (χ4v) is 2.53. The number of nitrogens with one attached hydrogen (secondary N) is 1. The van der Waals surface area contributed by atoms with Gasteiger partial charge in [-0.1, -0.05) is 13.8 Å². The number of thiazole rings is 1. The molecule has 0 fully saturated rings. The van der Waals surface area contributed by atoms with Crippen LogP contribution in [0.1, 0.15) is 39.4 Å². The van der Waals surface area contributed by atoms with E-state index in [9.17, 15) is 0 Å². The van der Waals surface area contributed by atoms with Gasteiger partial charge in [-0.2, -0.15) is 0 Å². The smallest absolute Gasteiger partial charge is 0.141 e. The molecular weight excluding hydrogens is 244 g/mol. The second-order valence-electron chi connectivity index (χ2n) is 4.96. The Morgan fingerprint density at radius 1 is 1.33 bits per heavy atom. The molecule has 0 saturated carbocycles. The second-order valence-corrected chi connectivity index (χ2v) is 5.82. The van der Waals surface area contributed by atoms with Crippen LogP contribution in [0.5, 0.6) is 0 Å². The van der Waals surface area contributed by atoms with Gasteiger partial charge in [0.2, 0.25) is 0 Å². The molecule has 0 aliphatic carbocycles. The molecule has 98 valence electrons.